The number of aromatic nitrogens is 2. The fourth-order valence-electron chi connectivity index (χ4n) is 5.36. The summed E-state index contributed by atoms with van der Waals surface area (Å²) < 4.78 is 76.8. The van der Waals surface area contributed by atoms with Crippen molar-refractivity contribution < 1.29 is 40.7 Å². The first-order valence-electron chi connectivity index (χ1n) is 15.1. The van der Waals surface area contributed by atoms with Crippen molar-refractivity contribution in [1.82, 2.24) is 14.9 Å². The zero-order chi connectivity index (χ0) is 34.9. The molecule has 1 unspecified atom stereocenters. The van der Waals surface area contributed by atoms with Crippen LogP contribution in [-0.2, 0) is 23.6 Å². The third-order valence-corrected chi connectivity index (χ3v) is 8.10. The predicted octanol–water partition coefficient (Wildman–Crippen LogP) is 7.89. The number of carbonyl (C=O) groups excluding carboxylic acids is 3. The number of carbonyl (C=O) groups is 3. The van der Waals surface area contributed by atoms with Crippen LogP contribution in [0.2, 0.25) is 0 Å². The summed E-state index contributed by atoms with van der Waals surface area (Å²) >= 11 is 0. The van der Waals surface area contributed by atoms with E-state index in [9.17, 15) is 40.7 Å². The van der Waals surface area contributed by atoms with Gasteiger partial charge in [-0.25, -0.2) is 0 Å². The van der Waals surface area contributed by atoms with Crippen LogP contribution in [0.5, 0.6) is 0 Å². The largest absolute Gasteiger partial charge is 0.416 e. The Morgan fingerprint density at radius 3 is 1.79 bits per heavy atom. The molecule has 4 aromatic rings. The van der Waals surface area contributed by atoms with Gasteiger partial charge in [-0.1, -0.05) is 24.3 Å². The van der Waals surface area contributed by atoms with Crippen molar-refractivity contribution in [3.8, 4) is 0 Å². The zero-order valence-corrected chi connectivity index (χ0v) is 26.0. The maximum absolute atomic E-state index is 13.1. The average molecular weight is 670 g/mol. The van der Waals surface area contributed by atoms with E-state index in [1.54, 1.807) is 24.3 Å². The second-order valence-electron chi connectivity index (χ2n) is 11.6. The van der Waals surface area contributed by atoms with Gasteiger partial charge in [0, 0.05) is 54.7 Å². The molecule has 0 amide bonds. The fourth-order valence-corrected chi connectivity index (χ4v) is 5.36. The average Bonchev–Trinajstić information content (AvgIpc) is 3.07. The molecule has 1 saturated heterocycles. The summed E-state index contributed by atoms with van der Waals surface area (Å²) in [7, 11) is 2.00. The molecule has 0 N–H and O–H groups in total. The fraction of sp³-hybridized carbons (Fsp3) is 0.306. The van der Waals surface area contributed by atoms with E-state index in [2.05, 4.69) is 14.9 Å². The third-order valence-electron chi connectivity index (χ3n) is 8.10. The van der Waals surface area contributed by atoms with Gasteiger partial charge in [0.2, 0.25) is 0 Å². The first kappa shape index (κ1) is 36.1. The van der Waals surface area contributed by atoms with Crippen LogP contribution in [0, 0.1) is 5.92 Å². The van der Waals surface area contributed by atoms with E-state index in [-0.39, 0.29) is 41.5 Å². The number of hydrogen-bond donors (Lipinski definition) is 0. The second kappa shape index (κ2) is 15.9. The number of benzene rings is 2. The van der Waals surface area contributed by atoms with Gasteiger partial charge in [-0.2, -0.15) is 26.3 Å². The van der Waals surface area contributed by atoms with Crippen LogP contribution in [-0.4, -0.2) is 52.4 Å². The van der Waals surface area contributed by atoms with Crippen molar-refractivity contribution in [2.75, 3.05) is 20.1 Å². The van der Waals surface area contributed by atoms with Crippen LogP contribution < -0.4 is 0 Å². The van der Waals surface area contributed by atoms with Gasteiger partial charge in [0.15, 0.2) is 11.6 Å². The Labute approximate surface area is 273 Å². The molecule has 3 heterocycles. The molecule has 12 heteroatoms. The van der Waals surface area contributed by atoms with Gasteiger partial charge in [-0.3, -0.25) is 24.4 Å². The van der Waals surface area contributed by atoms with E-state index in [0.29, 0.717) is 5.56 Å². The van der Waals surface area contributed by atoms with Crippen LogP contribution in [0.15, 0.2) is 97.6 Å². The molecule has 48 heavy (non-hydrogen) atoms. The normalized spacial score (nSPS) is 14.8. The maximum atomic E-state index is 13.1. The van der Waals surface area contributed by atoms with Gasteiger partial charge in [0.25, 0.3) is 0 Å². The standard InChI is InChI=1S/C22H23F3N2O2.C14H10F3NO/c1-27-11-7-16(8-12-27)20(28)14-19(15-5-9-26-10-6-15)21(29)17-3-2-4-18(13-17)22(23,24)25;15-14(16,17)12-3-1-2-11(9-12)13(19)8-10-4-6-18-7-5-10/h2-6,9-10,13,16,19H,7-8,11-12,14H2,1H3;1-7,9H,8H2. The molecule has 0 spiro atoms. The number of rotatable bonds is 9. The molecule has 0 saturated carbocycles. The lowest BCUT2D eigenvalue weighted by molar-refractivity contribution is -0.138. The molecule has 0 aliphatic carbocycles. The molecule has 0 bridgehead atoms. The molecular weight excluding hydrogens is 636 g/mol. The monoisotopic (exact) mass is 669 g/mol. The van der Waals surface area contributed by atoms with E-state index < -0.39 is 35.2 Å². The summed E-state index contributed by atoms with van der Waals surface area (Å²) in [6.45, 7) is 1.63. The number of ketones is 3. The smallest absolute Gasteiger partial charge is 0.306 e. The second-order valence-corrected chi connectivity index (χ2v) is 11.6. The molecule has 2 aromatic carbocycles. The van der Waals surface area contributed by atoms with Crippen molar-refractivity contribution >= 4 is 17.3 Å². The lowest BCUT2D eigenvalue weighted by Crippen LogP contribution is -2.34. The first-order valence-corrected chi connectivity index (χ1v) is 15.1. The van der Waals surface area contributed by atoms with Crippen molar-refractivity contribution in [2.24, 2.45) is 5.92 Å². The molecule has 6 nitrogen and oxygen atoms in total. The number of hydrogen-bond acceptors (Lipinski definition) is 6. The van der Waals surface area contributed by atoms with Gasteiger partial charge in [-0.15, -0.1) is 0 Å². The van der Waals surface area contributed by atoms with Crippen molar-refractivity contribution in [2.45, 2.75) is 44.0 Å². The molecule has 1 aliphatic rings. The highest BCUT2D eigenvalue weighted by atomic mass is 19.4. The predicted molar refractivity (Wildman–Crippen MR) is 166 cm³/mol. The van der Waals surface area contributed by atoms with Crippen LogP contribution in [0.3, 0.4) is 0 Å². The number of halogens is 6. The summed E-state index contributed by atoms with van der Waals surface area (Å²) in [5, 5.41) is 0. The van der Waals surface area contributed by atoms with E-state index >= 15 is 0 Å². The molecular formula is C36H33F6N3O3. The van der Waals surface area contributed by atoms with Crippen molar-refractivity contribution in [3.05, 3.63) is 131 Å². The topological polar surface area (TPSA) is 80.2 Å². The lowest BCUT2D eigenvalue weighted by atomic mass is 9.82. The summed E-state index contributed by atoms with van der Waals surface area (Å²) in [5.41, 5.74) is -0.364. The molecule has 1 aliphatic heterocycles. The van der Waals surface area contributed by atoms with Gasteiger partial charge < -0.3 is 4.90 Å². The Morgan fingerprint density at radius 1 is 0.750 bits per heavy atom. The Hall–Kier alpha value is -4.71. The van der Waals surface area contributed by atoms with Crippen LogP contribution in [0.1, 0.15) is 68.2 Å². The van der Waals surface area contributed by atoms with Crippen molar-refractivity contribution in [1.29, 1.82) is 0 Å². The minimum absolute atomic E-state index is 0.0137. The van der Waals surface area contributed by atoms with E-state index in [1.807, 2.05) is 7.05 Å². The van der Waals surface area contributed by atoms with E-state index in [1.165, 1.54) is 49.1 Å². The number of piperidine rings is 1. The lowest BCUT2D eigenvalue weighted by Gasteiger charge is -2.29. The minimum Gasteiger partial charge on any atom is -0.306 e. The molecule has 1 atom stereocenters. The summed E-state index contributed by atoms with van der Waals surface area (Å²) in [4.78, 5) is 47.8. The Morgan fingerprint density at radius 2 is 1.25 bits per heavy atom. The number of pyridine rings is 2. The molecule has 1 fully saturated rings. The van der Waals surface area contributed by atoms with E-state index in [4.69, 9.17) is 0 Å². The first-order chi connectivity index (χ1) is 22.7. The Kier molecular flexibility index (Phi) is 12.0. The highest BCUT2D eigenvalue weighted by molar-refractivity contribution is 6.03. The highest BCUT2D eigenvalue weighted by Crippen LogP contribution is 2.33. The van der Waals surface area contributed by atoms with Crippen molar-refractivity contribution in [3.63, 3.8) is 0 Å². The molecule has 0 radical (unpaired) electrons. The van der Waals surface area contributed by atoms with Gasteiger partial charge >= 0.3 is 12.4 Å². The van der Waals surface area contributed by atoms with Crippen LogP contribution >= 0.6 is 0 Å². The Bertz CT molecular complexity index is 1690. The van der Waals surface area contributed by atoms with Gasteiger partial charge in [-0.05, 0) is 92.6 Å². The molecule has 5 rings (SSSR count). The maximum Gasteiger partial charge on any atom is 0.416 e. The summed E-state index contributed by atoms with van der Waals surface area (Å²) in [6.07, 6.45) is -1.37. The molecule has 2 aromatic heterocycles. The highest BCUT2D eigenvalue weighted by Gasteiger charge is 2.34. The van der Waals surface area contributed by atoms with Crippen LogP contribution in [0.4, 0.5) is 26.3 Å². The minimum atomic E-state index is -4.54. The number of Topliss-reactive ketones (excluding diaryl/α,β-unsaturated/α-hetero) is 3. The zero-order valence-electron chi connectivity index (χ0n) is 26.0. The van der Waals surface area contributed by atoms with Gasteiger partial charge in [0.05, 0.1) is 17.0 Å². The third kappa shape index (κ3) is 10.1. The quantitative estimate of drug-likeness (QED) is 0.133. The van der Waals surface area contributed by atoms with E-state index in [0.717, 1.165) is 55.8 Å². The summed E-state index contributed by atoms with van der Waals surface area (Å²) in [6, 6.07) is 15.4. The van der Waals surface area contributed by atoms with Gasteiger partial charge in [0.1, 0.15) is 5.78 Å². The Balaban J connectivity index is 0.000000237. The number of likely N-dealkylation sites (tertiary alicyclic amines) is 1. The van der Waals surface area contributed by atoms with Crippen LogP contribution in [0.25, 0.3) is 0 Å². The summed E-state index contributed by atoms with van der Waals surface area (Å²) in [5.74, 6) is -1.79. The molecule has 252 valence electrons. The number of alkyl halides is 6. The SMILES string of the molecule is CN1CCC(C(=O)CC(C(=O)c2cccc(C(F)(F)F)c2)c2ccncc2)CC1.O=C(Cc1ccncc1)c1cccc(C(F)(F)F)c1. The number of nitrogens with zero attached hydrogens (tertiary/aromatic N) is 3.